The molecule has 2 heterocycles. The average Bonchev–Trinajstić information content (AvgIpc) is 3.13. The molecule has 6 nitrogen and oxygen atoms in total. The third-order valence-electron chi connectivity index (χ3n) is 4.13. The minimum absolute atomic E-state index is 0.114. The number of hydrogen-bond acceptors (Lipinski definition) is 4. The van der Waals surface area contributed by atoms with Gasteiger partial charge < -0.3 is 10.2 Å². The summed E-state index contributed by atoms with van der Waals surface area (Å²) in [4.78, 5) is 14.9. The number of carbonyl (C=O) groups is 1. The van der Waals surface area contributed by atoms with Crippen LogP contribution in [0.3, 0.4) is 0 Å². The van der Waals surface area contributed by atoms with Gasteiger partial charge in [-0.2, -0.15) is 0 Å². The van der Waals surface area contributed by atoms with Crippen molar-refractivity contribution in [2.75, 3.05) is 13.1 Å². The zero-order chi connectivity index (χ0) is 17.9. The molecule has 1 aliphatic heterocycles. The molecule has 1 aromatic carbocycles. The second-order valence-electron chi connectivity index (χ2n) is 5.84. The third-order valence-corrected chi connectivity index (χ3v) is 6.41. The van der Waals surface area contributed by atoms with Crippen molar-refractivity contribution in [1.82, 2.24) is 14.9 Å². The van der Waals surface area contributed by atoms with Crippen LogP contribution in [-0.2, 0) is 29.5 Å². The van der Waals surface area contributed by atoms with Crippen molar-refractivity contribution in [1.29, 1.82) is 0 Å². The van der Waals surface area contributed by atoms with Crippen LogP contribution < -0.4 is 10.0 Å². The molecular formula is C17H21N3O3S2. The minimum atomic E-state index is -3.58. The molecule has 0 bridgehead atoms. The van der Waals surface area contributed by atoms with Crippen LogP contribution >= 0.6 is 11.3 Å². The SMILES string of the molecule is CCNC(=O)N1CCc2ccc(S(=O)(=O)NCc3cccs3)cc2C1. The maximum Gasteiger partial charge on any atom is 0.317 e. The number of nitrogens with zero attached hydrogens (tertiary/aromatic N) is 1. The third kappa shape index (κ3) is 4.20. The molecule has 0 unspecified atom stereocenters. The van der Waals surface area contributed by atoms with Crippen LogP contribution in [0.2, 0.25) is 0 Å². The van der Waals surface area contributed by atoms with Crippen molar-refractivity contribution < 1.29 is 13.2 Å². The van der Waals surface area contributed by atoms with Crippen LogP contribution in [0.4, 0.5) is 4.79 Å². The summed E-state index contributed by atoms with van der Waals surface area (Å²) in [6.45, 7) is 3.79. The van der Waals surface area contributed by atoms with E-state index in [0.29, 0.717) is 19.6 Å². The van der Waals surface area contributed by atoms with E-state index >= 15 is 0 Å². The quantitative estimate of drug-likeness (QED) is 0.837. The lowest BCUT2D eigenvalue weighted by Gasteiger charge is -2.29. The smallest absolute Gasteiger partial charge is 0.317 e. The Morgan fingerprint density at radius 3 is 2.84 bits per heavy atom. The summed E-state index contributed by atoms with van der Waals surface area (Å²) in [7, 11) is -3.58. The summed E-state index contributed by atoms with van der Waals surface area (Å²) < 4.78 is 27.7. The first-order valence-electron chi connectivity index (χ1n) is 8.16. The van der Waals surface area contributed by atoms with Crippen molar-refractivity contribution >= 4 is 27.4 Å². The molecule has 3 rings (SSSR count). The largest absolute Gasteiger partial charge is 0.338 e. The van der Waals surface area contributed by atoms with Crippen molar-refractivity contribution in [2.24, 2.45) is 0 Å². The Morgan fingerprint density at radius 2 is 2.12 bits per heavy atom. The van der Waals surface area contributed by atoms with Gasteiger partial charge in [-0.05, 0) is 48.1 Å². The second kappa shape index (κ2) is 7.55. The number of carbonyl (C=O) groups excluding carboxylic acids is 1. The molecular weight excluding hydrogens is 358 g/mol. The molecule has 0 saturated carbocycles. The molecule has 25 heavy (non-hydrogen) atoms. The molecule has 134 valence electrons. The zero-order valence-electron chi connectivity index (χ0n) is 14.0. The highest BCUT2D eigenvalue weighted by Gasteiger charge is 2.23. The highest BCUT2D eigenvalue weighted by Crippen LogP contribution is 2.23. The van der Waals surface area contributed by atoms with Gasteiger partial charge >= 0.3 is 6.03 Å². The minimum Gasteiger partial charge on any atom is -0.338 e. The van der Waals surface area contributed by atoms with Gasteiger partial charge in [-0.25, -0.2) is 17.9 Å². The van der Waals surface area contributed by atoms with E-state index in [-0.39, 0.29) is 17.5 Å². The first-order valence-corrected chi connectivity index (χ1v) is 10.5. The Labute approximate surface area is 151 Å². The lowest BCUT2D eigenvalue weighted by atomic mass is 10.0. The summed E-state index contributed by atoms with van der Waals surface area (Å²) in [6, 6.07) is 8.84. The molecule has 0 saturated heterocycles. The van der Waals surface area contributed by atoms with E-state index in [4.69, 9.17) is 0 Å². The van der Waals surface area contributed by atoms with Crippen LogP contribution in [0.1, 0.15) is 22.9 Å². The van der Waals surface area contributed by atoms with Crippen molar-refractivity contribution in [3.8, 4) is 0 Å². The Bertz CT molecular complexity index is 848. The fraction of sp³-hybridized carbons (Fsp3) is 0.353. The number of sulfonamides is 1. The maximum absolute atomic E-state index is 12.5. The average molecular weight is 380 g/mol. The highest BCUT2D eigenvalue weighted by atomic mass is 32.2. The first kappa shape index (κ1) is 17.9. The molecule has 2 aromatic rings. The van der Waals surface area contributed by atoms with E-state index in [1.807, 2.05) is 30.5 Å². The lowest BCUT2D eigenvalue weighted by molar-refractivity contribution is 0.193. The first-order chi connectivity index (χ1) is 12.0. The van der Waals surface area contributed by atoms with Crippen molar-refractivity contribution in [3.63, 3.8) is 0 Å². The van der Waals surface area contributed by atoms with Crippen LogP contribution in [0.5, 0.6) is 0 Å². The number of urea groups is 1. The van der Waals surface area contributed by atoms with Gasteiger partial charge in [0.25, 0.3) is 0 Å². The van der Waals surface area contributed by atoms with Crippen molar-refractivity contribution in [2.45, 2.75) is 31.3 Å². The lowest BCUT2D eigenvalue weighted by Crippen LogP contribution is -2.42. The number of hydrogen-bond donors (Lipinski definition) is 2. The second-order valence-corrected chi connectivity index (χ2v) is 8.64. The number of rotatable bonds is 5. The Kier molecular flexibility index (Phi) is 5.41. The molecule has 0 fully saturated rings. The van der Waals surface area contributed by atoms with Gasteiger partial charge in [0.15, 0.2) is 0 Å². The van der Waals surface area contributed by atoms with Crippen LogP contribution in [-0.4, -0.2) is 32.4 Å². The Hall–Kier alpha value is -1.90. The summed E-state index contributed by atoms with van der Waals surface area (Å²) in [5.74, 6) is 0. The van der Waals surface area contributed by atoms with E-state index in [9.17, 15) is 13.2 Å². The monoisotopic (exact) mass is 379 g/mol. The standard InChI is InChI=1S/C17H21N3O3S2/c1-2-18-17(21)20-8-7-13-5-6-16(10-14(13)12-20)25(22,23)19-11-15-4-3-9-24-15/h3-6,9-10,19H,2,7-8,11-12H2,1H3,(H,18,21). The van der Waals surface area contributed by atoms with E-state index in [0.717, 1.165) is 22.4 Å². The number of thiophene rings is 1. The van der Waals surface area contributed by atoms with E-state index in [2.05, 4.69) is 10.0 Å². The van der Waals surface area contributed by atoms with Gasteiger partial charge in [-0.3, -0.25) is 0 Å². The number of nitrogens with one attached hydrogen (secondary N) is 2. The van der Waals surface area contributed by atoms with Gasteiger partial charge in [0, 0.05) is 31.1 Å². The molecule has 0 aliphatic carbocycles. The summed E-state index contributed by atoms with van der Waals surface area (Å²) >= 11 is 1.51. The number of benzene rings is 1. The molecule has 8 heteroatoms. The number of amides is 2. The van der Waals surface area contributed by atoms with Gasteiger partial charge in [0.05, 0.1) is 4.90 Å². The Balaban J connectivity index is 1.76. The normalized spacial score (nSPS) is 14.2. The van der Waals surface area contributed by atoms with Gasteiger partial charge in [0.2, 0.25) is 10.0 Å². The van der Waals surface area contributed by atoms with E-state index in [1.54, 1.807) is 17.0 Å². The predicted molar refractivity (Wildman–Crippen MR) is 98.0 cm³/mol. The number of fused-ring (bicyclic) bond motifs is 1. The molecule has 1 aliphatic rings. The van der Waals surface area contributed by atoms with Gasteiger partial charge in [-0.1, -0.05) is 12.1 Å². The highest BCUT2D eigenvalue weighted by molar-refractivity contribution is 7.89. The van der Waals surface area contributed by atoms with Gasteiger partial charge in [0.1, 0.15) is 0 Å². The summed E-state index contributed by atoms with van der Waals surface area (Å²) in [5.41, 5.74) is 1.98. The molecule has 2 N–H and O–H groups in total. The Morgan fingerprint density at radius 1 is 1.28 bits per heavy atom. The van der Waals surface area contributed by atoms with Gasteiger partial charge in [-0.15, -0.1) is 11.3 Å². The molecule has 0 spiro atoms. The van der Waals surface area contributed by atoms with E-state index in [1.165, 1.54) is 11.3 Å². The summed E-state index contributed by atoms with van der Waals surface area (Å²) in [5, 5.41) is 4.70. The molecule has 0 radical (unpaired) electrons. The van der Waals surface area contributed by atoms with Crippen LogP contribution in [0.15, 0.2) is 40.6 Å². The van der Waals surface area contributed by atoms with Crippen LogP contribution in [0.25, 0.3) is 0 Å². The fourth-order valence-corrected chi connectivity index (χ4v) is 4.59. The fourth-order valence-electron chi connectivity index (χ4n) is 2.80. The molecule has 1 aromatic heterocycles. The topological polar surface area (TPSA) is 78.5 Å². The van der Waals surface area contributed by atoms with Crippen LogP contribution in [0, 0.1) is 0 Å². The summed E-state index contributed by atoms with van der Waals surface area (Å²) in [6.07, 6.45) is 0.732. The molecule has 2 amide bonds. The zero-order valence-corrected chi connectivity index (χ0v) is 15.6. The predicted octanol–water partition coefficient (Wildman–Crippen LogP) is 2.31. The molecule has 0 atom stereocenters. The van der Waals surface area contributed by atoms with E-state index < -0.39 is 10.0 Å². The maximum atomic E-state index is 12.5. The van der Waals surface area contributed by atoms with Crippen molar-refractivity contribution in [3.05, 3.63) is 51.7 Å².